The molecule has 2 heterocycles. The fraction of sp³-hybridized carbons (Fsp3) is 0.375. The van der Waals surface area contributed by atoms with Crippen LogP contribution in [0.3, 0.4) is 0 Å². The van der Waals surface area contributed by atoms with Gasteiger partial charge in [0.1, 0.15) is 16.9 Å². The Morgan fingerprint density at radius 2 is 2.17 bits per heavy atom. The van der Waals surface area contributed by atoms with E-state index in [4.69, 9.17) is 4.52 Å². The first-order valence-corrected chi connectivity index (χ1v) is 8.11. The van der Waals surface area contributed by atoms with E-state index in [2.05, 4.69) is 21.5 Å². The number of hydrogen-bond donors (Lipinski definition) is 1. The first-order chi connectivity index (χ1) is 10.9. The minimum atomic E-state index is -0.368. The maximum atomic E-state index is 12.4. The monoisotopic (exact) mass is 330 g/mol. The molecule has 0 saturated heterocycles. The Labute approximate surface area is 139 Å². The number of rotatable bonds is 5. The van der Waals surface area contributed by atoms with Crippen LogP contribution in [0.15, 0.2) is 21.7 Å². The third-order valence-corrected chi connectivity index (χ3v) is 4.57. The summed E-state index contributed by atoms with van der Waals surface area (Å²) in [6, 6.07) is 5.69. The molecule has 120 valence electrons. The highest BCUT2D eigenvalue weighted by Crippen LogP contribution is 2.29. The molecular formula is C16H18N4O2S. The highest BCUT2D eigenvalue weighted by Gasteiger charge is 2.22. The number of carbonyl (C=O) groups excluding carboxylic acids is 1. The van der Waals surface area contributed by atoms with Crippen LogP contribution in [-0.2, 0) is 4.79 Å². The summed E-state index contributed by atoms with van der Waals surface area (Å²) in [5.74, 6) is 0.833. The van der Waals surface area contributed by atoms with Crippen LogP contribution >= 0.6 is 11.8 Å². The van der Waals surface area contributed by atoms with Crippen molar-refractivity contribution < 1.29 is 9.32 Å². The molecule has 0 fully saturated rings. The second kappa shape index (κ2) is 7.29. The number of hydrogen-bond acceptors (Lipinski definition) is 6. The Morgan fingerprint density at radius 3 is 2.74 bits per heavy atom. The van der Waals surface area contributed by atoms with Gasteiger partial charge in [0.05, 0.1) is 10.8 Å². The zero-order valence-electron chi connectivity index (χ0n) is 13.5. The summed E-state index contributed by atoms with van der Waals surface area (Å²) in [7, 11) is 0. The van der Waals surface area contributed by atoms with E-state index in [0.29, 0.717) is 28.6 Å². The third kappa shape index (κ3) is 4.11. The van der Waals surface area contributed by atoms with Gasteiger partial charge in [0, 0.05) is 11.8 Å². The molecule has 0 bridgehead atoms. The highest BCUT2D eigenvalue weighted by atomic mass is 32.2. The smallest absolute Gasteiger partial charge is 0.239 e. The van der Waals surface area contributed by atoms with Crippen LogP contribution < -0.4 is 5.32 Å². The van der Waals surface area contributed by atoms with E-state index in [9.17, 15) is 10.1 Å². The van der Waals surface area contributed by atoms with E-state index in [1.54, 1.807) is 13.0 Å². The molecule has 0 spiro atoms. The zero-order chi connectivity index (χ0) is 17.0. The van der Waals surface area contributed by atoms with Gasteiger partial charge in [0.15, 0.2) is 5.82 Å². The van der Waals surface area contributed by atoms with Crippen LogP contribution in [0.4, 0.5) is 5.82 Å². The topological polar surface area (TPSA) is 91.8 Å². The SMILES string of the molecule is CCC(Sc1nc(C)cc(C)c1C#N)C(=O)Nc1cc(C)on1. The Balaban J connectivity index is 2.19. The second-order valence-corrected chi connectivity index (χ2v) is 6.39. The first kappa shape index (κ1) is 17.0. The van der Waals surface area contributed by atoms with Gasteiger partial charge in [-0.2, -0.15) is 5.26 Å². The molecule has 0 radical (unpaired) electrons. The van der Waals surface area contributed by atoms with Crippen LogP contribution in [-0.4, -0.2) is 21.3 Å². The lowest BCUT2D eigenvalue weighted by Crippen LogP contribution is -2.25. The number of nitrogens with zero attached hydrogens (tertiary/aromatic N) is 3. The molecule has 1 amide bonds. The fourth-order valence-electron chi connectivity index (χ4n) is 2.11. The molecule has 1 N–H and O–H groups in total. The van der Waals surface area contributed by atoms with Crippen molar-refractivity contribution in [1.82, 2.24) is 10.1 Å². The average molecular weight is 330 g/mol. The summed E-state index contributed by atoms with van der Waals surface area (Å²) >= 11 is 1.30. The van der Waals surface area contributed by atoms with E-state index >= 15 is 0 Å². The number of carbonyl (C=O) groups is 1. The van der Waals surface area contributed by atoms with Crippen molar-refractivity contribution in [3.8, 4) is 6.07 Å². The standard InChI is InChI=1S/C16H18N4O2S/c1-5-13(15(21)19-14-7-11(4)22-20-14)23-16-12(8-17)9(2)6-10(3)18-16/h6-7,13H,5H2,1-4H3,(H,19,20,21). The van der Waals surface area contributed by atoms with Crippen molar-refractivity contribution in [3.05, 3.63) is 34.7 Å². The fourth-order valence-corrected chi connectivity index (χ4v) is 3.24. The number of aromatic nitrogens is 2. The van der Waals surface area contributed by atoms with Crippen LogP contribution in [0.1, 0.15) is 35.9 Å². The molecule has 0 saturated carbocycles. The largest absolute Gasteiger partial charge is 0.360 e. The van der Waals surface area contributed by atoms with Gasteiger partial charge in [-0.25, -0.2) is 4.98 Å². The molecule has 0 aliphatic carbocycles. The summed E-state index contributed by atoms with van der Waals surface area (Å²) in [6.07, 6.45) is 0.604. The molecule has 23 heavy (non-hydrogen) atoms. The number of nitrogens with one attached hydrogen (secondary N) is 1. The molecular weight excluding hydrogens is 312 g/mol. The van der Waals surface area contributed by atoms with Crippen LogP contribution in [0.25, 0.3) is 0 Å². The quantitative estimate of drug-likeness (QED) is 0.845. The normalized spacial score (nSPS) is 11.8. The average Bonchev–Trinajstić information content (AvgIpc) is 2.89. The lowest BCUT2D eigenvalue weighted by atomic mass is 10.1. The number of pyridine rings is 1. The number of anilines is 1. The number of thioether (sulfide) groups is 1. The molecule has 2 aromatic heterocycles. The van der Waals surface area contributed by atoms with Gasteiger partial charge < -0.3 is 9.84 Å². The second-order valence-electron chi connectivity index (χ2n) is 5.20. The zero-order valence-corrected chi connectivity index (χ0v) is 14.3. The van der Waals surface area contributed by atoms with Crippen molar-refractivity contribution in [2.45, 2.75) is 44.4 Å². The van der Waals surface area contributed by atoms with Gasteiger partial charge in [-0.15, -0.1) is 0 Å². The molecule has 0 aromatic carbocycles. The molecule has 0 aliphatic heterocycles. The summed E-state index contributed by atoms with van der Waals surface area (Å²) < 4.78 is 4.94. The maximum Gasteiger partial charge on any atom is 0.239 e. The molecule has 7 heteroatoms. The Kier molecular flexibility index (Phi) is 5.40. The molecule has 0 aliphatic rings. The number of nitriles is 1. The molecule has 6 nitrogen and oxygen atoms in total. The van der Waals surface area contributed by atoms with Gasteiger partial charge in [-0.05, 0) is 38.8 Å². The van der Waals surface area contributed by atoms with Gasteiger partial charge >= 0.3 is 0 Å². The Morgan fingerprint density at radius 1 is 1.43 bits per heavy atom. The first-order valence-electron chi connectivity index (χ1n) is 7.23. The van der Waals surface area contributed by atoms with Crippen LogP contribution in [0, 0.1) is 32.1 Å². The summed E-state index contributed by atoms with van der Waals surface area (Å²) in [5, 5.41) is 16.0. The van der Waals surface area contributed by atoms with Crippen molar-refractivity contribution >= 4 is 23.5 Å². The molecule has 2 rings (SSSR count). The van der Waals surface area contributed by atoms with E-state index in [1.165, 1.54) is 11.8 Å². The molecule has 1 atom stereocenters. The predicted octanol–water partition coefficient (Wildman–Crippen LogP) is 3.38. The van der Waals surface area contributed by atoms with Gasteiger partial charge in [-0.1, -0.05) is 23.8 Å². The van der Waals surface area contributed by atoms with E-state index in [1.807, 2.05) is 26.8 Å². The summed E-state index contributed by atoms with van der Waals surface area (Å²) in [6.45, 7) is 7.42. The van der Waals surface area contributed by atoms with Crippen LogP contribution in [0.2, 0.25) is 0 Å². The molecule has 2 aromatic rings. The minimum absolute atomic E-state index is 0.185. The highest BCUT2D eigenvalue weighted by molar-refractivity contribution is 8.00. The van der Waals surface area contributed by atoms with E-state index in [-0.39, 0.29) is 11.2 Å². The maximum absolute atomic E-state index is 12.4. The van der Waals surface area contributed by atoms with Crippen LogP contribution in [0.5, 0.6) is 0 Å². The predicted molar refractivity (Wildman–Crippen MR) is 88.2 cm³/mol. The van der Waals surface area contributed by atoms with Crippen molar-refractivity contribution in [2.75, 3.05) is 5.32 Å². The number of aryl methyl sites for hydroxylation is 3. The van der Waals surface area contributed by atoms with Crippen molar-refractivity contribution in [1.29, 1.82) is 5.26 Å². The summed E-state index contributed by atoms with van der Waals surface area (Å²) in [5.41, 5.74) is 2.21. The Hall–Kier alpha value is -2.33. The van der Waals surface area contributed by atoms with Crippen molar-refractivity contribution in [3.63, 3.8) is 0 Å². The summed E-state index contributed by atoms with van der Waals surface area (Å²) in [4.78, 5) is 16.8. The third-order valence-electron chi connectivity index (χ3n) is 3.22. The van der Waals surface area contributed by atoms with Gasteiger partial charge in [0.25, 0.3) is 0 Å². The van der Waals surface area contributed by atoms with Gasteiger partial charge in [0.2, 0.25) is 5.91 Å². The molecule has 1 unspecified atom stereocenters. The Bertz CT molecular complexity index is 764. The lowest BCUT2D eigenvalue weighted by molar-refractivity contribution is -0.115. The van der Waals surface area contributed by atoms with E-state index in [0.717, 1.165) is 11.3 Å². The minimum Gasteiger partial charge on any atom is -0.360 e. The number of amides is 1. The lowest BCUT2D eigenvalue weighted by Gasteiger charge is -2.14. The van der Waals surface area contributed by atoms with Crippen molar-refractivity contribution in [2.24, 2.45) is 0 Å². The van der Waals surface area contributed by atoms with Gasteiger partial charge in [-0.3, -0.25) is 4.79 Å². The van der Waals surface area contributed by atoms with E-state index < -0.39 is 0 Å².